The van der Waals surface area contributed by atoms with Crippen molar-refractivity contribution in [3.63, 3.8) is 0 Å². The predicted octanol–water partition coefficient (Wildman–Crippen LogP) is 0.285. The molecule has 1 saturated heterocycles. The molecule has 0 amide bonds. The highest BCUT2D eigenvalue weighted by Crippen LogP contribution is 2.12. The molecule has 0 unspecified atom stereocenters. The zero-order valence-electron chi connectivity index (χ0n) is 6.30. The maximum absolute atomic E-state index is 5.77. The van der Waals surface area contributed by atoms with Crippen LogP contribution in [0.25, 0.3) is 0 Å². The van der Waals surface area contributed by atoms with Crippen molar-refractivity contribution in [3.05, 3.63) is 0 Å². The Labute approximate surface area is 57.0 Å². The van der Waals surface area contributed by atoms with Crippen LogP contribution in [0.5, 0.6) is 0 Å². The summed E-state index contributed by atoms with van der Waals surface area (Å²) in [7, 11) is 2.13. The molecule has 9 heavy (non-hydrogen) atoms. The van der Waals surface area contributed by atoms with Gasteiger partial charge in [0.15, 0.2) is 0 Å². The first-order valence-corrected chi connectivity index (χ1v) is 3.62. The van der Waals surface area contributed by atoms with Crippen molar-refractivity contribution in [1.29, 1.82) is 0 Å². The van der Waals surface area contributed by atoms with E-state index in [1.807, 2.05) is 0 Å². The number of likely N-dealkylation sites (N-methyl/N-ethyl adjacent to an activating group) is 1. The average molecular weight is 128 g/mol. The molecule has 54 valence electrons. The van der Waals surface area contributed by atoms with E-state index in [9.17, 15) is 0 Å². The molecule has 0 aromatic rings. The maximum Gasteiger partial charge on any atom is 0.0170 e. The van der Waals surface area contributed by atoms with Crippen molar-refractivity contribution >= 4 is 0 Å². The first-order chi connectivity index (χ1) is 4.18. The van der Waals surface area contributed by atoms with Crippen LogP contribution in [0, 0.1) is 5.92 Å². The van der Waals surface area contributed by atoms with Crippen LogP contribution in [-0.2, 0) is 0 Å². The number of likely N-dealkylation sites (tertiary alicyclic amines) is 1. The van der Waals surface area contributed by atoms with Crippen LogP contribution in [0.2, 0.25) is 0 Å². The Balaban J connectivity index is 2.34. The molecule has 0 spiro atoms. The van der Waals surface area contributed by atoms with Gasteiger partial charge in [-0.2, -0.15) is 0 Å². The first kappa shape index (κ1) is 7.03. The highest BCUT2D eigenvalue weighted by Gasteiger charge is 2.18. The maximum atomic E-state index is 5.77. The Kier molecular flexibility index (Phi) is 2.09. The van der Waals surface area contributed by atoms with Gasteiger partial charge in [0.25, 0.3) is 0 Å². The summed E-state index contributed by atoms with van der Waals surface area (Å²) in [6.45, 7) is 4.55. The molecule has 1 rings (SSSR count). The molecule has 1 heterocycles. The molecule has 1 aliphatic heterocycles. The van der Waals surface area contributed by atoms with Gasteiger partial charge >= 0.3 is 0 Å². The topological polar surface area (TPSA) is 29.3 Å². The fourth-order valence-corrected chi connectivity index (χ4v) is 1.67. The second-order valence-corrected chi connectivity index (χ2v) is 3.32. The SMILES string of the molecule is C[C@H]1C[C@@H](N)CN(C)C1. The lowest BCUT2D eigenvalue weighted by molar-refractivity contribution is 0.199. The lowest BCUT2D eigenvalue weighted by atomic mass is 9.97. The van der Waals surface area contributed by atoms with Crippen molar-refractivity contribution < 1.29 is 0 Å². The number of nitrogens with zero attached hydrogens (tertiary/aromatic N) is 1. The van der Waals surface area contributed by atoms with Crippen LogP contribution in [0.1, 0.15) is 13.3 Å². The predicted molar refractivity (Wildman–Crippen MR) is 39.3 cm³/mol. The Morgan fingerprint density at radius 1 is 1.44 bits per heavy atom. The summed E-state index contributed by atoms with van der Waals surface area (Å²) in [5, 5.41) is 0. The van der Waals surface area contributed by atoms with E-state index >= 15 is 0 Å². The smallest absolute Gasteiger partial charge is 0.0170 e. The van der Waals surface area contributed by atoms with E-state index in [1.165, 1.54) is 13.0 Å². The zero-order chi connectivity index (χ0) is 6.85. The van der Waals surface area contributed by atoms with E-state index < -0.39 is 0 Å². The van der Waals surface area contributed by atoms with Gasteiger partial charge in [0.1, 0.15) is 0 Å². The summed E-state index contributed by atoms with van der Waals surface area (Å²) in [4.78, 5) is 2.30. The standard InChI is InChI=1S/C7H16N2/c1-6-3-7(8)5-9(2)4-6/h6-7H,3-5,8H2,1-2H3/t6-,7+/m0/s1. The molecule has 0 radical (unpaired) electrons. The van der Waals surface area contributed by atoms with E-state index in [0.29, 0.717) is 6.04 Å². The second-order valence-electron chi connectivity index (χ2n) is 3.32. The third kappa shape index (κ3) is 1.95. The third-order valence-electron chi connectivity index (χ3n) is 1.87. The largest absolute Gasteiger partial charge is 0.327 e. The van der Waals surface area contributed by atoms with Gasteiger partial charge < -0.3 is 10.6 Å². The normalized spacial score (nSPS) is 39.0. The highest BCUT2D eigenvalue weighted by atomic mass is 15.1. The summed E-state index contributed by atoms with van der Waals surface area (Å²) in [5.41, 5.74) is 5.77. The molecule has 2 heteroatoms. The lowest BCUT2D eigenvalue weighted by Crippen LogP contribution is -2.44. The monoisotopic (exact) mass is 128 g/mol. The van der Waals surface area contributed by atoms with Crippen molar-refractivity contribution in [2.75, 3.05) is 20.1 Å². The molecule has 0 saturated carbocycles. The quantitative estimate of drug-likeness (QED) is 0.508. The highest BCUT2D eigenvalue weighted by molar-refractivity contribution is 4.76. The summed E-state index contributed by atoms with van der Waals surface area (Å²) in [5.74, 6) is 0.791. The third-order valence-corrected chi connectivity index (χ3v) is 1.87. The molecule has 0 bridgehead atoms. The van der Waals surface area contributed by atoms with Gasteiger partial charge in [-0.05, 0) is 19.4 Å². The minimum absolute atomic E-state index is 0.416. The van der Waals surface area contributed by atoms with Gasteiger partial charge in [-0.3, -0.25) is 0 Å². The van der Waals surface area contributed by atoms with Crippen LogP contribution >= 0.6 is 0 Å². The van der Waals surface area contributed by atoms with Crippen molar-refractivity contribution in [2.45, 2.75) is 19.4 Å². The Morgan fingerprint density at radius 2 is 2.11 bits per heavy atom. The zero-order valence-corrected chi connectivity index (χ0v) is 6.30. The second kappa shape index (κ2) is 2.67. The molecule has 1 aliphatic rings. The summed E-state index contributed by atoms with van der Waals surface area (Å²) >= 11 is 0. The minimum Gasteiger partial charge on any atom is -0.327 e. The fourth-order valence-electron chi connectivity index (χ4n) is 1.67. The van der Waals surface area contributed by atoms with Crippen LogP contribution < -0.4 is 5.73 Å². The van der Waals surface area contributed by atoms with E-state index in [4.69, 9.17) is 5.73 Å². The van der Waals surface area contributed by atoms with E-state index in [-0.39, 0.29) is 0 Å². The molecular formula is C7H16N2. The molecule has 2 nitrogen and oxygen atoms in total. The number of hydrogen-bond donors (Lipinski definition) is 1. The minimum atomic E-state index is 0.416. The van der Waals surface area contributed by atoms with Crippen molar-refractivity contribution in [1.82, 2.24) is 4.90 Å². The number of rotatable bonds is 0. The number of nitrogens with two attached hydrogens (primary N) is 1. The van der Waals surface area contributed by atoms with Gasteiger partial charge in [-0.25, -0.2) is 0 Å². The van der Waals surface area contributed by atoms with Gasteiger partial charge in [0.2, 0.25) is 0 Å². The van der Waals surface area contributed by atoms with Crippen molar-refractivity contribution in [2.24, 2.45) is 11.7 Å². The molecule has 0 aromatic heterocycles. The van der Waals surface area contributed by atoms with E-state index in [0.717, 1.165) is 12.5 Å². The van der Waals surface area contributed by atoms with Crippen LogP contribution in [-0.4, -0.2) is 31.1 Å². The van der Waals surface area contributed by atoms with Gasteiger partial charge in [0.05, 0.1) is 0 Å². The fraction of sp³-hybridized carbons (Fsp3) is 1.00. The van der Waals surface area contributed by atoms with E-state index in [2.05, 4.69) is 18.9 Å². The van der Waals surface area contributed by atoms with E-state index in [1.54, 1.807) is 0 Å². The molecular weight excluding hydrogens is 112 g/mol. The van der Waals surface area contributed by atoms with Crippen LogP contribution in [0.4, 0.5) is 0 Å². The lowest BCUT2D eigenvalue weighted by Gasteiger charge is -2.31. The molecule has 2 N–H and O–H groups in total. The Morgan fingerprint density at radius 3 is 2.56 bits per heavy atom. The van der Waals surface area contributed by atoms with Crippen LogP contribution in [0.3, 0.4) is 0 Å². The first-order valence-electron chi connectivity index (χ1n) is 3.62. The molecule has 0 aliphatic carbocycles. The number of piperidine rings is 1. The number of hydrogen-bond acceptors (Lipinski definition) is 2. The van der Waals surface area contributed by atoms with Gasteiger partial charge in [0, 0.05) is 19.1 Å². The van der Waals surface area contributed by atoms with Gasteiger partial charge in [-0.1, -0.05) is 6.92 Å². The molecule has 2 atom stereocenters. The van der Waals surface area contributed by atoms with Crippen molar-refractivity contribution in [3.8, 4) is 0 Å². The summed E-state index contributed by atoms with van der Waals surface area (Å²) in [6.07, 6.45) is 1.20. The molecule has 1 fully saturated rings. The summed E-state index contributed by atoms with van der Waals surface area (Å²) < 4.78 is 0. The molecule has 0 aromatic carbocycles. The summed E-state index contributed by atoms with van der Waals surface area (Å²) in [6, 6.07) is 0.416. The van der Waals surface area contributed by atoms with Crippen LogP contribution in [0.15, 0.2) is 0 Å². The Hall–Kier alpha value is -0.0800. The average Bonchev–Trinajstić information content (AvgIpc) is 1.59. The van der Waals surface area contributed by atoms with Gasteiger partial charge in [-0.15, -0.1) is 0 Å². The Bertz CT molecular complexity index is 67.9.